The molecule has 2 N–H and O–H groups in total. The normalized spacial score (nSPS) is 15.9. The van der Waals surface area contributed by atoms with Crippen LogP contribution < -0.4 is 10.6 Å². The first-order valence-corrected chi connectivity index (χ1v) is 10.6. The van der Waals surface area contributed by atoms with E-state index >= 15 is 0 Å². The Hall–Kier alpha value is -3.19. The number of piperidine rings is 1. The average Bonchev–Trinajstić information content (AvgIpc) is 2.82. The van der Waals surface area contributed by atoms with Gasteiger partial charge < -0.3 is 20.3 Å². The van der Waals surface area contributed by atoms with Crippen LogP contribution in [0.3, 0.4) is 0 Å². The highest BCUT2D eigenvalue weighted by Crippen LogP contribution is 2.20. The lowest BCUT2D eigenvalue weighted by Gasteiger charge is -2.32. The van der Waals surface area contributed by atoms with E-state index in [1.165, 1.54) is 0 Å². The summed E-state index contributed by atoms with van der Waals surface area (Å²) in [5.41, 5.74) is 1.60. The molecule has 2 aromatic carbocycles. The minimum Gasteiger partial charge on any atom is -0.385 e. The highest BCUT2D eigenvalue weighted by atomic mass is 16.5. The molecule has 1 saturated heterocycles. The maximum atomic E-state index is 13.0. The standard InChI is InChI=1S/C24H29N3O4/c1-31-15-7-13-25-22(28)20-11-6-14-27(17-20)24(30)19-10-5-12-21(16-19)26-23(29)18-8-3-2-4-9-18/h2-5,8-10,12,16,20H,6-7,11,13-15,17H2,1H3,(H,25,28)(H,26,29)/t20-/m1/s1. The van der Waals surface area contributed by atoms with Crippen molar-refractivity contribution < 1.29 is 19.1 Å². The van der Waals surface area contributed by atoms with E-state index in [9.17, 15) is 14.4 Å². The van der Waals surface area contributed by atoms with Crippen molar-refractivity contribution in [3.63, 3.8) is 0 Å². The summed E-state index contributed by atoms with van der Waals surface area (Å²) in [6.07, 6.45) is 2.32. The molecule has 0 spiro atoms. The van der Waals surface area contributed by atoms with Gasteiger partial charge >= 0.3 is 0 Å². The van der Waals surface area contributed by atoms with Crippen LogP contribution in [0.25, 0.3) is 0 Å². The number of hydrogen-bond donors (Lipinski definition) is 2. The SMILES string of the molecule is COCCCNC(=O)[C@@H]1CCCN(C(=O)c2cccc(NC(=O)c3ccccc3)c2)C1. The van der Waals surface area contributed by atoms with E-state index in [2.05, 4.69) is 10.6 Å². The molecular formula is C24H29N3O4. The van der Waals surface area contributed by atoms with Crippen LogP contribution in [0.4, 0.5) is 5.69 Å². The van der Waals surface area contributed by atoms with Crippen molar-refractivity contribution in [3.8, 4) is 0 Å². The van der Waals surface area contributed by atoms with Crippen LogP contribution in [0.1, 0.15) is 40.0 Å². The Labute approximate surface area is 182 Å². The first-order chi connectivity index (χ1) is 15.1. The number of methoxy groups -OCH3 is 1. The van der Waals surface area contributed by atoms with Gasteiger partial charge in [0, 0.05) is 50.2 Å². The minimum atomic E-state index is -0.228. The highest BCUT2D eigenvalue weighted by molar-refractivity contribution is 6.05. The third kappa shape index (κ3) is 6.39. The maximum absolute atomic E-state index is 13.0. The molecule has 7 nitrogen and oxygen atoms in total. The van der Waals surface area contributed by atoms with E-state index < -0.39 is 0 Å². The fourth-order valence-electron chi connectivity index (χ4n) is 3.65. The molecule has 164 valence electrons. The highest BCUT2D eigenvalue weighted by Gasteiger charge is 2.28. The fraction of sp³-hybridized carbons (Fsp3) is 0.375. The number of ether oxygens (including phenoxy) is 1. The van der Waals surface area contributed by atoms with Gasteiger partial charge in [-0.15, -0.1) is 0 Å². The lowest BCUT2D eigenvalue weighted by atomic mass is 9.96. The quantitative estimate of drug-likeness (QED) is 0.639. The number of benzene rings is 2. The Balaban J connectivity index is 1.59. The molecule has 2 aromatic rings. The predicted octanol–water partition coefficient (Wildman–Crippen LogP) is 2.94. The van der Waals surface area contributed by atoms with Gasteiger partial charge in [-0.1, -0.05) is 24.3 Å². The van der Waals surface area contributed by atoms with Crippen LogP contribution in [-0.4, -0.2) is 56.0 Å². The van der Waals surface area contributed by atoms with Crippen LogP contribution in [0.15, 0.2) is 54.6 Å². The van der Waals surface area contributed by atoms with Crippen LogP contribution in [-0.2, 0) is 9.53 Å². The van der Waals surface area contributed by atoms with Crippen molar-refractivity contribution in [1.82, 2.24) is 10.2 Å². The molecule has 0 aromatic heterocycles. The summed E-state index contributed by atoms with van der Waals surface area (Å²) in [7, 11) is 1.63. The number of nitrogens with one attached hydrogen (secondary N) is 2. The summed E-state index contributed by atoms with van der Waals surface area (Å²) in [5.74, 6) is -0.584. The Morgan fingerprint density at radius 3 is 2.61 bits per heavy atom. The second-order valence-corrected chi connectivity index (χ2v) is 7.63. The maximum Gasteiger partial charge on any atom is 0.255 e. The van der Waals surface area contributed by atoms with Gasteiger partial charge in [0.2, 0.25) is 5.91 Å². The van der Waals surface area contributed by atoms with E-state index in [4.69, 9.17) is 4.74 Å². The molecule has 0 aliphatic carbocycles. The second-order valence-electron chi connectivity index (χ2n) is 7.63. The molecule has 1 aliphatic heterocycles. The Morgan fingerprint density at radius 1 is 1.06 bits per heavy atom. The zero-order chi connectivity index (χ0) is 22.1. The molecule has 0 radical (unpaired) electrons. The van der Waals surface area contributed by atoms with Crippen LogP contribution in [0.5, 0.6) is 0 Å². The number of nitrogens with zero attached hydrogens (tertiary/aromatic N) is 1. The minimum absolute atomic E-state index is 0.0162. The van der Waals surface area contributed by atoms with E-state index in [1.807, 2.05) is 6.07 Å². The molecule has 1 aliphatic rings. The summed E-state index contributed by atoms with van der Waals surface area (Å²) in [4.78, 5) is 39.6. The molecule has 0 bridgehead atoms. The van der Waals surface area contributed by atoms with Gasteiger partial charge in [0.1, 0.15) is 0 Å². The Bertz CT molecular complexity index is 901. The lowest BCUT2D eigenvalue weighted by Crippen LogP contribution is -2.45. The first kappa shape index (κ1) is 22.5. The summed E-state index contributed by atoms with van der Waals surface area (Å²) in [5, 5.41) is 5.76. The molecule has 1 atom stereocenters. The third-order valence-electron chi connectivity index (χ3n) is 5.31. The smallest absolute Gasteiger partial charge is 0.255 e. The van der Waals surface area contributed by atoms with Crippen molar-refractivity contribution in [2.75, 3.05) is 38.7 Å². The number of hydrogen-bond acceptors (Lipinski definition) is 4. The van der Waals surface area contributed by atoms with Gasteiger partial charge in [0.25, 0.3) is 11.8 Å². The van der Waals surface area contributed by atoms with Crippen molar-refractivity contribution in [2.24, 2.45) is 5.92 Å². The molecule has 3 amide bonds. The molecule has 1 fully saturated rings. The van der Waals surface area contributed by atoms with Crippen LogP contribution in [0, 0.1) is 5.92 Å². The fourth-order valence-corrected chi connectivity index (χ4v) is 3.65. The van der Waals surface area contributed by atoms with Gasteiger partial charge in [-0.05, 0) is 49.6 Å². The van der Waals surface area contributed by atoms with Crippen LogP contribution >= 0.6 is 0 Å². The molecule has 3 rings (SSSR count). The third-order valence-corrected chi connectivity index (χ3v) is 5.31. The van der Waals surface area contributed by atoms with Crippen molar-refractivity contribution in [3.05, 3.63) is 65.7 Å². The monoisotopic (exact) mass is 423 g/mol. The summed E-state index contributed by atoms with van der Waals surface area (Å²) < 4.78 is 4.99. The van der Waals surface area contributed by atoms with Crippen molar-refractivity contribution in [1.29, 1.82) is 0 Å². The lowest BCUT2D eigenvalue weighted by molar-refractivity contribution is -0.126. The summed E-state index contributed by atoms with van der Waals surface area (Å²) in [6, 6.07) is 15.8. The van der Waals surface area contributed by atoms with Crippen LogP contribution in [0.2, 0.25) is 0 Å². The molecule has 1 heterocycles. The van der Waals surface area contributed by atoms with Crippen molar-refractivity contribution in [2.45, 2.75) is 19.3 Å². The zero-order valence-corrected chi connectivity index (χ0v) is 17.8. The molecule has 0 saturated carbocycles. The number of amides is 3. The summed E-state index contributed by atoms with van der Waals surface area (Å²) >= 11 is 0. The molecule has 7 heteroatoms. The van der Waals surface area contributed by atoms with Gasteiger partial charge in [-0.25, -0.2) is 0 Å². The van der Waals surface area contributed by atoms with Crippen molar-refractivity contribution >= 4 is 23.4 Å². The number of rotatable bonds is 8. The number of anilines is 1. The van der Waals surface area contributed by atoms with E-state index in [0.29, 0.717) is 43.1 Å². The molecular weight excluding hydrogens is 394 g/mol. The van der Waals surface area contributed by atoms with Gasteiger partial charge in [-0.2, -0.15) is 0 Å². The number of carbonyl (C=O) groups excluding carboxylic acids is 3. The number of likely N-dealkylation sites (tertiary alicyclic amines) is 1. The van der Waals surface area contributed by atoms with E-state index in [-0.39, 0.29) is 23.6 Å². The molecule has 0 unspecified atom stereocenters. The Kier molecular flexibility index (Phi) is 8.18. The van der Waals surface area contributed by atoms with E-state index in [1.54, 1.807) is 60.5 Å². The summed E-state index contributed by atoms with van der Waals surface area (Å²) in [6.45, 7) is 2.19. The second kappa shape index (κ2) is 11.3. The van der Waals surface area contributed by atoms with Gasteiger partial charge in [0.15, 0.2) is 0 Å². The zero-order valence-electron chi connectivity index (χ0n) is 17.8. The number of carbonyl (C=O) groups is 3. The van der Waals surface area contributed by atoms with Gasteiger partial charge in [-0.3, -0.25) is 14.4 Å². The average molecular weight is 424 g/mol. The van der Waals surface area contributed by atoms with E-state index in [0.717, 1.165) is 19.3 Å². The topological polar surface area (TPSA) is 87.7 Å². The Morgan fingerprint density at radius 2 is 1.84 bits per heavy atom. The first-order valence-electron chi connectivity index (χ1n) is 10.6. The van der Waals surface area contributed by atoms with Gasteiger partial charge in [0.05, 0.1) is 5.92 Å². The molecule has 31 heavy (non-hydrogen) atoms. The predicted molar refractivity (Wildman–Crippen MR) is 119 cm³/mol. The largest absolute Gasteiger partial charge is 0.385 e.